The Morgan fingerprint density at radius 2 is 2.12 bits per heavy atom. The molecule has 3 nitrogen and oxygen atoms in total. The predicted molar refractivity (Wildman–Crippen MR) is 70.0 cm³/mol. The first-order valence-electron chi connectivity index (χ1n) is 5.53. The molecule has 0 aliphatic rings. The van der Waals surface area contributed by atoms with E-state index in [-0.39, 0.29) is 12.1 Å². The maximum atomic E-state index is 6.19. The second-order valence-corrected chi connectivity index (χ2v) is 4.84. The zero-order chi connectivity index (χ0) is 12.1. The van der Waals surface area contributed by atoms with Crippen LogP contribution in [-0.2, 0) is 11.2 Å². The van der Waals surface area contributed by atoms with Crippen molar-refractivity contribution in [1.82, 2.24) is 4.98 Å². The van der Waals surface area contributed by atoms with Gasteiger partial charge < -0.3 is 10.5 Å². The zero-order valence-corrected chi connectivity index (χ0v) is 10.6. The number of hydrogen-bond acceptors (Lipinski definition) is 4. The first-order chi connectivity index (χ1) is 8.31. The van der Waals surface area contributed by atoms with Gasteiger partial charge >= 0.3 is 0 Å². The summed E-state index contributed by atoms with van der Waals surface area (Å²) in [5.41, 5.74) is 7.30. The molecule has 1 aromatic carbocycles. The van der Waals surface area contributed by atoms with Crippen LogP contribution in [0, 0.1) is 0 Å². The van der Waals surface area contributed by atoms with Gasteiger partial charge in [-0.05, 0) is 5.56 Å². The molecule has 17 heavy (non-hydrogen) atoms. The SMILES string of the molecule is COC(c1ccccc1)C(N)Cc1nccs1. The highest BCUT2D eigenvalue weighted by atomic mass is 32.1. The van der Waals surface area contributed by atoms with E-state index in [1.165, 1.54) is 0 Å². The summed E-state index contributed by atoms with van der Waals surface area (Å²) in [5, 5.41) is 3.02. The highest BCUT2D eigenvalue weighted by Crippen LogP contribution is 2.22. The smallest absolute Gasteiger partial charge is 0.0976 e. The molecule has 2 unspecified atom stereocenters. The van der Waals surface area contributed by atoms with Crippen molar-refractivity contribution in [1.29, 1.82) is 0 Å². The summed E-state index contributed by atoms with van der Waals surface area (Å²) < 4.78 is 5.50. The standard InChI is InChI=1S/C13H16N2OS/c1-16-13(10-5-3-2-4-6-10)11(14)9-12-15-7-8-17-12/h2-8,11,13H,9,14H2,1H3. The Kier molecular flexibility index (Phi) is 4.25. The molecule has 1 aromatic heterocycles. The Morgan fingerprint density at radius 1 is 1.35 bits per heavy atom. The van der Waals surface area contributed by atoms with Gasteiger partial charge in [0.25, 0.3) is 0 Å². The molecule has 90 valence electrons. The lowest BCUT2D eigenvalue weighted by atomic mass is 10.0. The van der Waals surface area contributed by atoms with Crippen molar-refractivity contribution in [2.45, 2.75) is 18.6 Å². The van der Waals surface area contributed by atoms with Crippen molar-refractivity contribution in [3.63, 3.8) is 0 Å². The molecule has 0 fully saturated rings. The topological polar surface area (TPSA) is 48.1 Å². The Hall–Kier alpha value is -1.23. The fraction of sp³-hybridized carbons (Fsp3) is 0.308. The first kappa shape index (κ1) is 12.2. The molecule has 0 aliphatic heterocycles. The number of thiazole rings is 1. The number of nitrogens with zero attached hydrogens (tertiary/aromatic N) is 1. The van der Waals surface area contributed by atoms with Crippen molar-refractivity contribution < 1.29 is 4.74 Å². The fourth-order valence-electron chi connectivity index (χ4n) is 1.86. The molecular weight excluding hydrogens is 232 g/mol. The molecule has 2 rings (SSSR count). The second kappa shape index (κ2) is 5.91. The molecule has 0 amide bonds. The van der Waals surface area contributed by atoms with E-state index < -0.39 is 0 Å². The van der Waals surface area contributed by atoms with Crippen LogP contribution < -0.4 is 5.73 Å². The number of nitrogens with two attached hydrogens (primary N) is 1. The highest BCUT2D eigenvalue weighted by molar-refractivity contribution is 7.09. The van der Waals surface area contributed by atoms with Gasteiger partial charge in [-0.15, -0.1) is 11.3 Å². The van der Waals surface area contributed by atoms with E-state index in [4.69, 9.17) is 10.5 Å². The van der Waals surface area contributed by atoms with Gasteiger partial charge in [-0.1, -0.05) is 30.3 Å². The summed E-state index contributed by atoms with van der Waals surface area (Å²) >= 11 is 1.63. The van der Waals surface area contributed by atoms with Crippen LogP contribution in [0.15, 0.2) is 41.9 Å². The lowest BCUT2D eigenvalue weighted by molar-refractivity contribution is 0.0802. The lowest BCUT2D eigenvalue weighted by Crippen LogP contribution is -2.31. The maximum Gasteiger partial charge on any atom is 0.0976 e. The summed E-state index contributed by atoms with van der Waals surface area (Å²) in [6.07, 6.45) is 2.46. The van der Waals surface area contributed by atoms with Crippen molar-refractivity contribution in [3.8, 4) is 0 Å². The van der Waals surface area contributed by atoms with Gasteiger partial charge in [-0.25, -0.2) is 4.98 Å². The van der Waals surface area contributed by atoms with Gasteiger partial charge in [-0.3, -0.25) is 0 Å². The minimum absolute atomic E-state index is 0.0754. The fourth-order valence-corrected chi connectivity index (χ4v) is 2.55. The minimum Gasteiger partial charge on any atom is -0.375 e. The summed E-state index contributed by atoms with van der Waals surface area (Å²) in [4.78, 5) is 4.25. The van der Waals surface area contributed by atoms with Gasteiger partial charge in [0.05, 0.1) is 11.1 Å². The Labute approximate surface area is 105 Å². The molecule has 0 radical (unpaired) electrons. The van der Waals surface area contributed by atoms with Gasteiger partial charge in [-0.2, -0.15) is 0 Å². The van der Waals surface area contributed by atoms with Crippen molar-refractivity contribution in [3.05, 3.63) is 52.5 Å². The molecule has 2 aromatic rings. The highest BCUT2D eigenvalue weighted by Gasteiger charge is 2.20. The molecule has 1 heterocycles. The van der Waals surface area contributed by atoms with Crippen LogP contribution in [-0.4, -0.2) is 18.1 Å². The van der Waals surface area contributed by atoms with E-state index in [2.05, 4.69) is 4.98 Å². The van der Waals surface area contributed by atoms with Gasteiger partial charge in [0.2, 0.25) is 0 Å². The number of hydrogen-bond donors (Lipinski definition) is 1. The Balaban J connectivity index is 2.08. The largest absolute Gasteiger partial charge is 0.375 e. The van der Waals surface area contributed by atoms with Crippen molar-refractivity contribution in [2.24, 2.45) is 5.73 Å². The third-order valence-electron chi connectivity index (χ3n) is 2.66. The monoisotopic (exact) mass is 248 g/mol. The normalized spacial score (nSPS) is 14.5. The second-order valence-electron chi connectivity index (χ2n) is 3.86. The summed E-state index contributed by atoms with van der Waals surface area (Å²) in [6, 6.07) is 9.98. The van der Waals surface area contributed by atoms with E-state index >= 15 is 0 Å². The number of rotatable bonds is 5. The van der Waals surface area contributed by atoms with E-state index in [1.807, 2.05) is 35.7 Å². The van der Waals surface area contributed by atoms with Crippen LogP contribution in [0.2, 0.25) is 0 Å². The molecule has 4 heteroatoms. The quantitative estimate of drug-likeness (QED) is 0.884. The number of methoxy groups -OCH3 is 1. The van der Waals surface area contributed by atoms with Crippen LogP contribution in [0.5, 0.6) is 0 Å². The average Bonchev–Trinajstić information content (AvgIpc) is 2.84. The first-order valence-corrected chi connectivity index (χ1v) is 6.41. The van der Waals surface area contributed by atoms with Crippen LogP contribution in [0.1, 0.15) is 16.7 Å². The van der Waals surface area contributed by atoms with E-state index in [1.54, 1.807) is 24.6 Å². The van der Waals surface area contributed by atoms with E-state index in [9.17, 15) is 0 Å². The van der Waals surface area contributed by atoms with Crippen LogP contribution in [0.25, 0.3) is 0 Å². The Morgan fingerprint density at radius 3 is 2.71 bits per heavy atom. The van der Waals surface area contributed by atoms with E-state index in [0.717, 1.165) is 17.0 Å². The lowest BCUT2D eigenvalue weighted by Gasteiger charge is -2.22. The summed E-state index contributed by atoms with van der Waals surface area (Å²) in [5.74, 6) is 0. The molecule has 2 atom stereocenters. The molecule has 0 aliphatic carbocycles. The van der Waals surface area contributed by atoms with Gasteiger partial charge in [0, 0.05) is 31.1 Å². The molecule has 0 saturated carbocycles. The molecule has 2 N–H and O–H groups in total. The van der Waals surface area contributed by atoms with Gasteiger partial charge in [0.15, 0.2) is 0 Å². The molecule has 0 bridgehead atoms. The molecule has 0 saturated heterocycles. The van der Waals surface area contributed by atoms with Crippen LogP contribution in [0.4, 0.5) is 0 Å². The number of ether oxygens (including phenoxy) is 1. The number of benzene rings is 1. The number of aromatic nitrogens is 1. The summed E-state index contributed by atoms with van der Waals surface area (Å²) in [7, 11) is 1.69. The Bertz CT molecular complexity index is 430. The molecule has 0 spiro atoms. The maximum absolute atomic E-state index is 6.19. The van der Waals surface area contributed by atoms with E-state index in [0.29, 0.717) is 0 Å². The van der Waals surface area contributed by atoms with Crippen LogP contribution >= 0.6 is 11.3 Å². The van der Waals surface area contributed by atoms with Crippen LogP contribution in [0.3, 0.4) is 0 Å². The molecular formula is C13H16N2OS. The minimum atomic E-state index is -0.0832. The van der Waals surface area contributed by atoms with Gasteiger partial charge in [0.1, 0.15) is 0 Å². The third kappa shape index (κ3) is 3.12. The van der Waals surface area contributed by atoms with Crippen molar-refractivity contribution >= 4 is 11.3 Å². The predicted octanol–water partition coefficient (Wildman–Crippen LogP) is 2.40. The average molecular weight is 248 g/mol. The van der Waals surface area contributed by atoms with Crippen molar-refractivity contribution in [2.75, 3.05) is 7.11 Å². The zero-order valence-electron chi connectivity index (χ0n) is 9.74. The summed E-state index contributed by atoms with van der Waals surface area (Å²) in [6.45, 7) is 0. The third-order valence-corrected chi connectivity index (χ3v) is 3.47.